The Morgan fingerprint density at radius 2 is 1.61 bits per heavy atom. The Morgan fingerprint density at radius 3 is 2.13 bits per heavy atom. The van der Waals surface area contributed by atoms with Crippen molar-refractivity contribution >= 4 is 27.4 Å². The van der Waals surface area contributed by atoms with Gasteiger partial charge in [-0.1, -0.05) is 0 Å². The summed E-state index contributed by atoms with van der Waals surface area (Å²) in [7, 11) is -3.09. The minimum absolute atomic E-state index is 0.0196. The van der Waals surface area contributed by atoms with Crippen LogP contribution in [0.15, 0.2) is 23.1 Å². The van der Waals surface area contributed by atoms with Crippen molar-refractivity contribution in [3.05, 3.63) is 63.0 Å². The molecule has 15 heteroatoms. The van der Waals surface area contributed by atoms with E-state index in [2.05, 4.69) is 10.1 Å². The van der Waals surface area contributed by atoms with Crippen LogP contribution in [0.1, 0.15) is 5.56 Å². The number of hydrogen-bond acceptors (Lipinski definition) is 7. The molecule has 0 spiro atoms. The number of halogens is 5. The lowest BCUT2D eigenvalue weighted by Gasteiger charge is -2.10. The molecule has 0 saturated heterocycles. The number of esters is 1. The Bertz CT molecular complexity index is 1130. The van der Waals surface area contributed by atoms with Crippen LogP contribution in [-0.2, 0) is 26.2 Å². The van der Waals surface area contributed by atoms with Gasteiger partial charge >= 0.3 is 5.97 Å². The zero-order valence-electron chi connectivity index (χ0n) is 15.3. The Morgan fingerprint density at radius 1 is 1.06 bits per heavy atom. The zero-order chi connectivity index (χ0) is 23.5. The molecule has 0 radical (unpaired) electrons. The second kappa shape index (κ2) is 9.22. The number of rotatable bonds is 8. The molecular weight excluding hydrogens is 457 g/mol. The van der Waals surface area contributed by atoms with Gasteiger partial charge in [0.1, 0.15) is 18.8 Å². The fourth-order valence-electron chi connectivity index (χ4n) is 2.26. The van der Waals surface area contributed by atoms with E-state index in [0.717, 1.165) is 12.1 Å². The number of nitrogens with one attached hydrogen (secondary N) is 2. The normalized spacial score (nSPS) is 11.3. The van der Waals surface area contributed by atoms with Gasteiger partial charge in [0.25, 0.3) is 5.69 Å². The van der Waals surface area contributed by atoms with Gasteiger partial charge in [-0.05, 0) is 12.1 Å². The number of carbonyl (C=O) groups excluding carboxylic acids is 1. The van der Waals surface area contributed by atoms with Crippen molar-refractivity contribution in [3.8, 4) is 0 Å². The molecule has 2 rings (SSSR count). The molecule has 0 bridgehead atoms. The molecule has 0 atom stereocenters. The summed E-state index contributed by atoms with van der Waals surface area (Å²) >= 11 is 0. The number of benzene rings is 2. The lowest BCUT2D eigenvalue weighted by Crippen LogP contribution is -2.31. The molecule has 0 aliphatic heterocycles. The van der Waals surface area contributed by atoms with Crippen molar-refractivity contribution in [2.24, 2.45) is 0 Å². The average molecular weight is 469 g/mol. The first-order chi connectivity index (χ1) is 14.4. The maximum Gasteiger partial charge on any atom is 0.321 e. The molecule has 0 unspecified atom stereocenters. The Kier molecular flexibility index (Phi) is 7.12. The zero-order valence-corrected chi connectivity index (χ0v) is 16.2. The molecule has 0 fully saturated rings. The lowest BCUT2D eigenvalue weighted by atomic mass is 10.2. The van der Waals surface area contributed by atoms with Gasteiger partial charge in [0.15, 0.2) is 23.3 Å². The molecule has 31 heavy (non-hydrogen) atoms. The van der Waals surface area contributed by atoms with Gasteiger partial charge in [-0.3, -0.25) is 14.9 Å². The first-order valence-electron chi connectivity index (χ1n) is 8.02. The van der Waals surface area contributed by atoms with E-state index in [9.17, 15) is 45.3 Å². The molecule has 0 amide bonds. The lowest BCUT2D eigenvalue weighted by molar-refractivity contribution is -0.384. The van der Waals surface area contributed by atoms with Crippen LogP contribution < -0.4 is 10.0 Å². The first kappa shape index (κ1) is 23.9. The van der Waals surface area contributed by atoms with Gasteiger partial charge in [-0.2, -0.15) is 4.72 Å². The van der Waals surface area contributed by atoms with Crippen molar-refractivity contribution in [3.63, 3.8) is 0 Å². The Labute approximate surface area is 171 Å². The van der Waals surface area contributed by atoms with Gasteiger partial charge in [0.2, 0.25) is 15.8 Å². The second-order valence-electron chi connectivity index (χ2n) is 5.72. The highest BCUT2D eigenvalue weighted by molar-refractivity contribution is 7.89. The SMILES string of the molecule is CNc1ccc(S(=O)(=O)NCC(=O)OCc2c(F)c(F)c(F)c(F)c2F)cc1[N+](=O)[O-]. The van der Waals surface area contributed by atoms with E-state index in [-0.39, 0.29) is 5.69 Å². The van der Waals surface area contributed by atoms with Crippen molar-refractivity contribution < 1.29 is 44.8 Å². The van der Waals surface area contributed by atoms with Crippen LogP contribution in [0.4, 0.5) is 33.3 Å². The highest BCUT2D eigenvalue weighted by atomic mass is 32.2. The van der Waals surface area contributed by atoms with E-state index in [1.807, 2.05) is 0 Å². The quantitative estimate of drug-likeness (QED) is 0.152. The predicted molar refractivity (Wildman–Crippen MR) is 93.9 cm³/mol. The van der Waals surface area contributed by atoms with Crippen molar-refractivity contribution in [2.75, 3.05) is 18.9 Å². The van der Waals surface area contributed by atoms with Crippen molar-refractivity contribution in [1.82, 2.24) is 4.72 Å². The topological polar surface area (TPSA) is 128 Å². The van der Waals surface area contributed by atoms with Gasteiger partial charge in [-0.15, -0.1) is 0 Å². The van der Waals surface area contributed by atoms with E-state index >= 15 is 0 Å². The third-order valence-electron chi connectivity index (χ3n) is 3.83. The van der Waals surface area contributed by atoms with Crippen LogP contribution in [0.2, 0.25) is 0 Å². The third kappa shape index (κ3) is 5.05. The summed E-state index contributed by atoms with van der Waals surface area (Å²) in [5.74, 6) is -12.7. The minimum Gasteiger partial charge on any atom is -0.460 e. The van der Waals surface area contributed by atoms with Crippen LogP contribution >= 0.6 is 0 Å². The van der Waals surface area contributed by atoms with Crippen LogP contribution in [0.5, 0.6) is 0 Å². The predicted octanol–water partition coefficient (Wildman–Crippen LogP) is 2.35. The Balaban J connectivity index is 2.10. The fourth-order valence-corrected chi connectivity index (χ4v) is 3.25. The van der Waals surface area contributed by atoms with E-state index in [1.165, 1.54) is 7.05 Å². The second-order valence-corrected chi connectivity index (χ2v) is 7.49. The van der Waals surface area contributed by atoms with E-state index in [4.69, 9.17) is 0 Å². The van der Waals surface area contributed by atoms with Crippen molar-refractivity contribution in [2.45, 2.75) is 11.5 Å². The number of nitrogens with zero attached hydrogens (tertiary/aromatic N) is 1. The summed E-state index contributed by atoms with van der Waals surface area (Å²) < 4.78 is 96.8. The van der Waals surface area contributed by atoms with E-state index in [1.54, 1.807) is 4.72 Å². The highest BCUT2D eigenvalue weighted by Gasteiger charge is 2.27. The smallest absolute Gasteiger partial charge is 0.321 e. The number of nitro benzene ring substituents is 1. The molecule has 2 N–H and O–H groups in total. The van der Waals surface area contributed by atoms with Gasteiger partial charge < -0.3 is 10.1 Å². The fraction of sp³-hybridized carbons (Fsp3) is 0.188. The minimum atomic E-state index is -4.46. The van der Waals surface area contributed by atoms with Gasteiger partial charge in [0, 0.05) is 13.1 Å². The maximum absolute atomic E-state index is 13.5. The molecule has 0 saturated carbocycles. The number of ether oxygens (including phenoxy) is 1. The third-order valence-corrected chi connectivity index (χ3v) is 5.23. The van der Waals surface area contributed by atoms with Gasteiger partial charge in [-0.25, -0.2) is 30.4 Å². The number of anilines is 1. The molecule has 2 aromatic carbocycles. The molecule has 0 aromatic heterocycles. The molecular formula is C16H12F5N3O6S. The molecule has 168 valence electrons. The van der Waals surface area contributed by atoms with Crippen LogP contribution in [0.3, 0.4) is 0 Å². The maximum atomic E-state index is 13.5. The molecule has 9 nitrogen and oxygen atoms in total. The van der Waals surface area contributed by atoms with Crippen molar-refractivity contribution in [1.29, 1.82) is 0 Å². The van der Waals surface area contributed by atoms with E-state index < -0.39 is 79.3 Å². The summed E-state index contributed by atoms with van der Waals surface area (Å²) in [6.45, 7) is -2.46. The summed E-state index contributed by atoms with van der Waals surface area (Å²) in [5, 5.41) is 13.5. The molecule has 0 aliphatic carbocycles. The molecule has 0 aliphatic rings. The number of carbonyl (C=O) groups is 1. The molecule has 0 heterocycles. The monoisotopic (exact) mass is 469 g/mol. The Hall–Kier alpha value is -3.33. The standard InChI is InChI=1S/C16H12F5N3O6S/c1-22-9-3-2-7(4-10(9)24(26)27)31(28,29)23-5-11(25)30-6-8-12(17)14(19)16(21)15(20)13(8)18/h2-4,22-23H,5-6H2,1H3. The van der Waals surface area contributed by atoms with Crippen LogP contribution in [0.25, 0.3) is 0 Å². The summed E-state index contributed by atoms with van der Waals surface area (Å²) in [6.07, 6.45) is 0. The largest absolute Gasteiger partial charge is 0.460 e. The van der Waals surface area contributed by atoms with E-state index in [0.29, 0.717) is 6.07 Å². The van der Waals surface area contributed by atoms with Crippen LogP contribution in [-0.4, -0.2) is 32.9 Å². The summed E-state index contributed by atoms with van der Waals surface area (Å²) in [6, 6.07) is 2.82. The highest BCUT2D eigenvalue weighted by Crippen LogP contribution is 2.27. The summed E-state index contributed by atoms with van der Waals surface area (Å²) in [5.41, 5.74) is -1.98. The van der Waals surface area contributed by atoms with Gasteiger partial charge in [0.05, 0.1) is 15.4 Å². The molecule has 2 aromatic rings. The average Bonchev–Trinajstić information content (AvgIpc) is 2.74. The number of nitro groups is 1. The first-order valence-corrected chi connectivity index (χ1v) is 9.50. The van der Waals surface area contributed by atoms with Crippen LogP contribution in [0, 0.1) is 39.2 Å². The number of sulfonamides is 1. The summed E-state index contributed by atoms with van der Waals surface area (Å²) in [4.78, 5) is 21.2. The number of hydrogen-bond donors (Lipinski definition) is 2.